The van der Waals surface area contributed by atoms with E-state index in [1.54, 1.807) is 18.5 Å². The average Bonchev–Trinajstić information content (AvgIpc) is 3.01. The van der Waals surface area contributed by atoms with Crippen LogP contribution in [-0.2, 0) is 11.8 Å². The average molecular weight is 384 g/mol. The summed E-state index contributed by atoms with van der Waals surface area (Å²) in [7, 11) is 1.62. The Bertz CT molecular complexity index is 986. The fraction of sp³-hybridized carbons (Fsp3) is 0.133. The molecule has 0 aliphatic rings. The normalized spacial score (nSPS) is 11.0. The summed E-state index contributed by atoms with van der Waals surface area (Å²) in [6.45, 7) is 0. The summed E-state index contributed by atoms with van der Waals surface area (Å²) in [4.78, 5) is 28.6. The van der Waals surface area contributed by atoms with Crippen molar-refractivity contribution in [2.75, 3.05) is 11.1 Å². The SMILES string of the molecule is Cn1c(SCC(=O)Nc2ccc(F)cc2Cl)nc2ccsc2c1=O. The number of halogens is 2. The molecule has 0 aliphatic carbocycles. The van der Waals surface area contributed by atoms with Gasteiger partial charge in [0, 0.05) is 7.05 Å². The van der Waals surface area contributed by atoms with Gasteiger partial charge < -0.3 is 5.32 Å². The van der Waals surface area contributed by atoms with Crippen LogP contribution in [0.25, 0.3) is 10.2 Å². The number of nitrogens with one attached hydrogen (secondary N) is 1. The van der Waals surface area contributed by atoms with Crippen molar-refractivity contribution in [3.8, 4) is 0 Å². The molecule has 0 bridgehead atoms. The zero-order valence-electron chi connectivity index (χ0n) is 12.4. The summed E-state index contributed by atoms with van der Waals surface area (Å²) in [5.74, 6) is -0.757. The molecule has 24 heavy (non-hydrogen) atoms. The number of fused-ring (bicyclic) bond motifs is 1. The molecule has 0 radical (unpaired) electrons. The lowest BCUT2D eigenvalue weighted by Crippen LogP contribution is -2.20. The van der Waals surface area contributed by atoms with E-state index in [-0.39, 0.29) is 22.2 Å². The van der Waals surface area contributed by atoms with Crippen molar-refractivity contribution in [3.05, 3.63) is 50.8 Å². The van der Waals surface area contributed by atoms with E-state index in [1.165, 1.54) is 28.0 Å². The molecule has 0 fully saturated rings. The summed E-state index contributed by atoms with van der Waals surface area (Å²) < 4.78 is 15.0. The predicted octanol–water partition coefficient (Wildman–Crippen LogP) is 3.52. The van der Waals surface area contributed by atoms with Crippen LogP contribution in [-0.4, -0.2) is 21.2 Å². The lowest BCUT2D eigenvalue weighted by molar-refractivity contribution is -0.113. The van der Waals surface area contributed by atoms with Crippen molar-refractivity contribution < 1.29 is 9.18 Å². The number of carbonyl (C=O) groups is 1. The van der Waals surface area contributed by atoms with Crippen LogP contribution >= 0.6 is 34.7 Å². The highest BCUT2D eigenvalue weighted by Crippen LogP contribution is 2.24. The first-order chi connectivity index (χ1) is 11.5. The molecule has 0 saturated heterocycles. The Hall–Kier alpha value is -1.90. The van der Waals surface area contributed by atoms with Crippen molar-refractivity contribution in [2.24, 2.45) is 7.05 Å². The van der Waals surface area contributed by atoms with E-state index in [4.69, 9.17) is 11.6 Å². The molecule has 124 valence electrons. The van der Waals surface area contributed by atoms with Crippen molar-refractivity contribution in [1.82, 2.24) is 9.55 Å². The Morgan fingerprint density at radius 2 is 2.25 bits per heavy atom. The molecule has 1 amide bonds. The van der Waals surface area contributed by atoms with E-state index in [9.17, 15) is 14.0 Å². The van der Waals surface area contributed by atoms with Crippen LogP contribution in [0.1, 0.15) is 0 Å². The number of hydrogen-bond acceptors (Lipinski definition) is 5. The summed E-state index contributed by atoms with van der Waals surface area (Å²) in [5, 5.41) is 4.98. The van der Waals surface area contributed by atoms with E-state index < -0.39 is 5.82 Å². The Morgan fingerprint density at radius 1 is 1.46 bits per heavy atom. The number of anilines is 1. The Balaban J connectivity index is 1.72. The summed E-state index contributed by atoms with van der Waals surface area (Å²) >= 11 is 8.35. The van der Waals surface area contributed by atoms with Gasteiger partial charge in [0.15, 0.2) is 5.16 Å². The standard InChI is InChI=1S/C15H11ClFN3O2S2/c1-20-14(22)13-11(4-5-23-13)19-15(20)24-7-12(21)18-10-3-2-8(17)6-9(10)16/h2-6H,7H2,1H3,(H,18,21). The largest absolute Gasteiger partial charge is 0.324 e. The maximum absolute atomic E-state index is 13.0. The van der Waals surface area contributed by atoms with Crippen molar-refractivity contribution in [3.63, 3.8) is 0 Å². The maximum Gasteiger partial charge on any atom is 0.271 e. The van der Waals surface area contributed by atoms with Crippen LogP contribution in [0.15, 0.2) is 39.6 Å². The number of thioether (sulfide) groups is 1. The first-order valence-electron chi connectivity index (χ1n) is 6.77. The van der Waals surface area contributed by atoms with Gasteiger partial charge in [-0.3, -0.25) is 14.2 Å². The van der Waals surface area contributed by atoms with Gasteiger partial charge in [0.1, 0.15) is 10.5 Å². The molecule has 0 atom stereocenters. The minimum absolute atomic E-state index is 0.0453. The van der Waals surface area contributed by atoms with Gasteiger partial charge in [-0.15, -0.1) is 11.3 Å². The molecule has 0 aliphatic heterocycles. The lowest BCUT2D eigenvalue weighted by atomic mass is 10.3. The molecule has 2 aromatic heterocycles. The number of hydrogen-bond donors (Lipinski definition) is 1. The molecule has 0 unspecified atom stereocenters. The van der Waals surface area contributed by atoms with Gasteiger partial charge in [-0.25, -0.2) is 9.37 Å². The molecule has 9 heteroatoms. The smallest absolute Gasteiger partial charge is 0.271 e. The van der Waals surface area contributed by atoms with E-state index in [0.717, 1.165) is 17.8 Å². The zero-order chi connectivity index (χ0) is 17.3. The van der Waals surface area contributed by atoms with Gasteiger partial charge in [0.2, 0.25) is 5.91 Å². The Morgan fingerprint density at radius 3 is 3.00 bits per heavy atom. The third-order valence-corrected chi connectivity index (χ3v) is 5.42. The molecule has 3 rings (SSSR count). The van der Waals surface area contributed by atoms with E-state index in [2.05, 4.69) is 10.3 Å². The highest BCUT2D eigenvalue weighted by atomic mass is 35.5. The topological polar surface area (TPSA) is 64.0 Å². The number of amides is 1. The highest BCUT2D eigenvalue weighted by molar-refractivity contribution is 7.99. The maximum atomic E-state index is 13.0. The number of benzene rings is 1. The molecule has 3 aromatic rings. The number of carbonyl (C=O) groups excluding carboxylic acids is 1. The van der Waals surface area contributed by atoms with Crippen LogP contribution in [0.2, 0.25) is 5.02 Å². The Kier molecular flexibility index (Phi) is 4.88. The summed E-state index contributed by atoms with van der Waals surface area (Å²) in [6, 6.07) is 5.50. The molecule has 0 spiro atoms. The van der Waals surface area contributed by atoms with Crippen molar-refractivity contribution in [2.45, 2.75) is 5.16 Å². The third-order valence-electron chi connectivity index (χ3n) is 3.18. The van der Waals surface area contributed by atoms with Crippen LogP contribution in [0.4, 0.5) is 10.1 Å². The lowest BCUT2D eigenvalue weighted by Gasteiger charge is -2.09. The van der Waals surface area contributed by atoms with Crippen LogP contribution in [0.5, 0.6) is 0 Å². The fourth-order valence-corrected chi connectivity index (χ4v) is 3.80. The number of thiophene rings is 1. The van der Waals surface area contributed by atoms with Crippen LogP contribution in [0.3, 0.4) is 0 Å². The molecule has 2 heterocycles. The molecular weight excluding hydrogens is 373 g/mol. The first kappa shape index (κ1) is 16.9. The minimum Gasteiger partial charge on any atom is -0.324 e. The summed E-state index contributed by atoms with van der Waals surface area (Å²) in [6.07, 6.45) is 0. The molecular formula is C15H11ClFN3O2S2. The molecule has 1 N–H and O–H groups in total. The number of rotatable bonds is 4. The first-order valence-corrected chi connectivity index (χ1v) is 9.02. The van der Waals surface area contributed by atoms with E-state index >= 15 is 0 Å². The highest BCUT2D eigenvalue weighted by Gasteiger charge is 2.12. The van der Waals surface area contributed by atoms with Crippen LogP contribution < -0.4 is 10.9 Å². The zero-order valence-corrected chi connectivity index (χ0v) is 14.8. The molecule has 1 aromatic carbocycles. The second-order valence-electron chi connectivity index (χ2n) is 4.85. The third kappa shape index (κ3) is 3.45. The van der Waals surface area contributed by atoms with Gasteiger partial charge in [0.25, 0.3) is 5.56 Å². The quantitative estimate of drug-likeness (QED) is 0.553. The summed E-state index contributed by atoms with van der Waals surface area (Å²) in [5.41, 5.74) is 0.811. The number of aromatic nitrogens is 2. The second kappa shape index (κ2) is 6.92. The van der Waals surface area contributed by atoms with Gasteiger partial charge in [-0.1, -0.05) is 23.4 Å². The van der Waals surface area contributed by atoms with Gasteiger partial charge >= 0.3 is 0 Å². The van der Waals surface area contributed by atoms with Gasteiger partial charge in [-0.05, 0) is 29.6 Å². The van der Waals surface area contributed by atoms with Gasteiger partial charge in [0.05, 0.1) is 22.0 Å². The van der Waals surface area contributed by atoms with Crippen LogP contribution in [0, 0.1) is 5.82 Å². The molecule has 0 saturated carbocycles. The Labute approximate surface area is 149 Å². The van der Waals surface area contributed by atoms with E-state index in [1.807, 2.05) is 0 Å². The predicted molar refractivity (Wildman–Crippen MR) is 95.6 cm³/mol. The van der Waals surface area contributed by atoms with Crippen molar-refractivity contribution >= 4 is 56.5 Å². The van der Waals surface area contributed by atoms with Crippen molar-refractivity contribution in [1.29, 1.82) is 0 Å². The monoisotopic (exact) mass is 383 g/mol. The number of nitrogens with zero attached hydrogens (tertiary/aromatic N) is 2. The second-order valence-corrected chi connectivity index (χ2v) is 7.12. The minimum atomic E-state index is -0.476. The fourth-order valence-electron chi connectivity index (χ4n) is 2.00. The van der Waals surface area contributed by atoms with Gasteiger partial charge in [-0.2, -0.15) is 0 Å². The molecule has 5 nitrogen and oxygen atoms in total. The van der Waals surface area contributed by atoms with E-state index in [0.29, 0.717) is 21.1 Å².